The fraction of sp³-hybridized carbons (Fsp3) is 0.625. The maximum absolute atomic E-state index is 13.3. The molecule has 0 radical (unpaired) electrons. The molecule has 0 amide bonds. The average molecular weight is 264 g/mol. The van der Waals surface area contributed by atoms with Gasteiger partial charge in [0.25, 0.3) is 0 Å². The van der Waals surface area contributed by atoms with Gasteiger partial charge < -0.3 is 10.2 Å². The molecule has 19 heavy (non-hydrogen) atoms. The topological polar surface area (TPSA) is 15.3 Å². The molecule has 2 nitrogen and oxygen atoms in total. The highest BCUT2D eigenvalue weighted by Gasteiger charge is 2.18. The van der Waals surface area contributed by atoms with E-state index >= 15 is 0 Å². The molecular weight excluding hydrogens is 239 g/mol. The first-order chi connectivity index (χ1) is 9.31. The average Bonchev–Trinajstić information content (AvgIpc) is 2.80. The number of fused-ring (bicyclic) bond motifs is 1. The van der Waals surface area contributed by atoms with Crippen LogP contribution in [0.4, 0.5) is 10.1 Å². The summed E-state index contributed by atoms with van der Waals surface area (Å²) in [7, 11) is 0. The molecule has 1 aliphatic heterocycles. The number of hydrogen-bond donors (Lipinski definition) is 1. The molecule has 1 heterocycles. The molecule has 106 valence electrons. The van der Waals surface area contributed by atoms with E-state index in [2.05, 4.69) is 17.1 Å². The zero-order chi connectivity index (χ0) is 13.5. The van der Waals surface area contributed by atoms with Crippen LogP contribution in [0.3, 0.4) is 0 Å². The number of anilines is 1. The van der Waals surface area contributed by atoms with Crippen LogP contribution in [-0.4, -0.2) is 26.2 Å². The van der Waals surface area contributed by atoms with Crippen molar-refractivity contribution in [2.24, 2.45) is 0 Å². The lowest BCUT2D eigenvalue weighted by Gasteiger charge is -2.19. The summed E-state index contributed by atoms with van der Waals surface area (Å²) < 4.78 is 13.3. The van der Waals surface area contributed by atoms with Crippen molar-refractivity contribution in [1.29, 1.82) is 0 Å². The van der Waals surface area contributed by atoms with Crippen molar-refractivity contribution in [3.05, 3.63) is 29.6 Å². The zero-order valence-corrected chi connectivity index (χ0v) is 11.9. The molecule has 0 atom stereocenters. The molecule has 0 saturated heterocycles. The molecule has 0 fully saturated rings. The first-order valence-corrected chi connectivity index (χ1v) is 7.55. The van der Waals surface area contributed by atoms with Crippen LogP contribution in [0.5, 0.6) is 0 Å². The molecule has 2 rings (SSSR count). The molecule has 1 N–H and O–H groups in total. The van der Waals surface area contributed by atoms with Gasteiger partial charge in [-0.1, -0.05) is 32.3 Å². The van der Waals surface area contributed by atoms with E-state index in [1.807, 2.05) is 6.07 Å². The second-order valence-corrected chi connectivity index (χ2v) is 5.32. The Morgan fingerprint density at radius 1 is 1.21 bits per heavy atom. The van der Waals surface area contributed by atoms with Crippen molar-refractivity contribution in [2.45, 2.75) is 39.0 Å². The number of nitrogens with zero attached hydrogens (tertiary/aromatic N) is 1. The number of benzene rings is 1. The SMILES string of the molecule is CCCCCCNCCN1CCc2ccc(F)cc21. The van der Waals surface area contributed by atoms with Crippen molar-refractivity contribution in [3.8, 4) is 0 Å². The Balaban J connectivity index is 1.67. The fourth-order valence-electron chi connectivity index (χ4n) is 2.67. The van der Waals surface area contributed by atoms with E-state index in [0.29, 0.717) is 0 Å². The summed E-state index contributed by atoms with van der Waals surface area (Å²) in [4.78, 5) is 2.29. The Morgan fingerprint density at radius 3 is 2.95 bits per heavy atom. The number of halogens is 1. The van der Waals surface area contributed by atoms with E-state index in [1.54, 1.807) is 12.1 Å². The molecule has 0 aromatic heterocycles. The lowest BCUT2D eigenvalue weighted by molar-refractivity contribution is 0.594. The molecule has 1 aromatic rings. The van der Waals surface area contributed by atoms with Crippen LogP contribution >= 0.6 is 0 Å². The molecule has 0 saturated carbocycles. The van der Waals surface area contributed by atoms with E-state index in [1.165, 1.54) is 31.2 Å². The first kappa shape index (κ1) is 14.3. The van der Waals surface area contributed by atoms with Gasteiger partial charge in [0.1, 0.15) is 5.82 Å². The van der Waals surface area contributed by atoms with Crippen LogP contribution < -0.4 is 10.2 Å². The Labute approximate surface area is 116 Å². The summed E-state index contributed by atoms with van der Waals surface area (Å²) in [6.45, 7) is 6.32. The number of hydrogen-bond acceptors (Lipinski definition) is 2. The molecule has 1 aliphatic rings. The molecule has 0 aliphatic carbocycles. The predicted octanol–water partition coefficient (Wildman–Crippen LogP) is 3.36. The minimum absolute atomic E-state index is 0.127. The van der Waals surface area contributed by atoms with Crippen molar-refractivity contribution >= 4 is 5.69 Å². The van der Waals surface area contributed by atoms with E-state index in [0.717, 1.165) is 38.3 Å². The quantitative estimate of drug-likeness (QED) is 0.724. The van der Waals surface area contributed by atoms with Crippen molar-refractivity contribution < 1.29 is 4.39 Å². The van der Waals surface area contributed by atoms with Gasteiger partial charge in [-0.05, 0) is 37.1 Å². The minimum Gasteiger partial charge on any atom is -0.370 e. The lowest BCUT2D eigenvalue weighted by Crippen LogP contribution is -2.31. The third kappa shape index (κ3) is 4.20. The Kier molecular flexibility index (Phi) is 5.64. The lowest BCUT2D eigenvalue weighted by atomic mass is 10.2. The van der Waals surface area contributed by atoms with Crippen LogP contribution in [0.2, 0.25) is 0 Å². The summed E-state index contributed by atoms with van der Waals surface area (Å²) in [5.41, 5.74) is 2.37. The standard InChI is InChI=1S/C16H25FN2/c1-2-3-4-5-9-18-10-12-19-11-8-14-6-7-15(17)13-16(14)19/h6-7,13,18H,2-5,8-12H2,1H3. The van der Waals surface area contributed by atoms with Crippen LogP contribution in [0.25, 0.3) is 0 Å². The molecule has 3 heteroatoms. The van der Waals surface area contributed by atoms with Gasteiger partial charge in [-0.25, -0.2) is 4.39 Å². The molecule has 1 aromatic carbocycles. The predicted molar refractivity (Wildman–Crippen MR) is 79.3 cm³/mol. The third-order valence-electron chi connectivity index (χ3n) is 3.80. The van der Waals surface area contributed by atoms with Crippen molar-refractivity contribution in [3.63, 3.8) is 0 Å². The highest BCUT2D eigenvalue weighted by Crippen LogP contribution is 2.27. The monoisotopic (exact) mass is 264 g/mol. The van der Waals surface area contributed by atoms with Crippen LogP contribution in [0, 0.1) is 5.82 Å². The second-order valence-electron chi connectivity index (χ2n) is 5.32. The van der Waals surface area contributed by atoms with E-state index in [-0.39, 0.29) is 5.82 Å². The van der Waals surface area contributed by atoms with Gasteiger partial charge in [-0.2, -0.15) is 0 Å². The summed E-state index contributed by atoms with van der Waals surface area (Å²) >= 11 is 0. The van der Waals surface area contributed by atoms with E-state index < -0.39 is 0 Å². The smallest absolute Gasteiger partial charge is 0.125 e. The summed E-state index contributed by atoms with van der Waals surface area (Å²) in [5, 5.41) is 3.48. The third-order valence-corrected chi connectivity index (χ3v) is 3.80. The maximum atomic E-state index is 13.3. The number of rotatable bonds is 8. The second kappa shape index (κ2) is 7.49. The van der Waals surface area contributed by atoms with Crippen molar-refractivity contribution in [1.82, 2.24) is 5.32 Å². The van der Waals surface area contributed by atoms with Gasteiger partial charge in [0.15, 0.2) is 0 Å². The normalized spacial score (nSPS) is 13.9. The molecule has 0 spiro atoms. The zero-order valence-electron chi connectivity index (χ0n) is 11.9. The van der Waals surface area contributed by atoms with Crippen LogP contribution in [0.1, 0.15) is 38.2 Å². The largest absolute Gasteiger partial charge is 0.370 e. The van der Waals surface area contributed by atoms with Gasteiger partial charge in [0.05, 0.1) is 0 Å². The number of unbranched alkanes of at least 4 members (excludes halogenated alkanes) is 3. The maximum Gasteiger partial charge on any atom is 0.125 e. The molecule has 0 unspecified atom stereocenters. The van der Waals surface area contributed by atoms with Crippen molar-refractivity contribution in [2.75, 3.05) is 31.1 Å². The summed E-state index contributed by atoms with van der Waals surface area (Å²) in [5.74, 6) is -0.127. The summed E-state index contributed by atoms with van der Waals surface area (Å²) in [6, 6.07) is 5.15. The van der Waals surface area contributed by atoms with E-state index in [9.17, 15) is 4.39 Å². The van der Waals surface area contributed by atoms with E-state index in [4.69, 9.17) is 0 Å². The minimum atomic E-state index is -0.127. The van der Waals surface area contributed by atoms with Crippen LogP contribution in [0.15, 0.2) is 18.2 Å². The first-order valence-electron chi connectivity index (χ1n) is 7.55. The van der Waals surface area contributed by atoms with Gasteiger partial charge in [0.2, 0.25) is 0 Å². The highest BCUT2D eigenvalue weighted by molar-refractivity contribution is 5.58. The molecule has 0 bridgehead atoms. The van der Waals surface area contributed by atoms with Gasteiger partial charge >= 0.3 is 0 Å². The van der Waals surface area contributed by atoms with Gasteiger partial charge in [0, 0.05) is 25.3 Å². The van der Waals surface area contributed by atoms with Crippen LogP contribution in [-0.2, 0) is 6.42 Å². The summed E-state index contributed by atoms with van der Waals surface area (Å²) in [6.07, 6.45) is 6.25. The number of nitrogens with one attached hydrogen (secondary N) is 1. The molecular formula is C16H25FN2. The van der Waals surface area contributed by atoms with Gasteiger partial charge in [-0.3, -0.25) is 0 Å². The fourth-order valence-corrected chi connectivity index (χ4v) is 2.67. The Bertz CT molecular complexity index is 392. The van der Waals surface area contributed by atoms with Gasteiger partial charge in [-0.15, -0.1) is 0 Å². The Hall–Kier alpha value is -1.09. The Morgan fingerprint density at radius 2 is 2.11 bits per heavy atom. The highest BCUT2D eigenvalue weighted by atomic mass is 19.1.